The molecule has 0 aliphatic heterocycles. The maximum atomic E-state index is 12.2. The monoisotopic (exact) mass is 338 g/mol. The van der Waals surface area contributed by atoms with E-state index >= 15 is 0 Å². The van der Waals surface area contributed by atoms with Gasteiger partial charge in [0.1, 0.15) is 0 Å². The fourth-order valence-corrected chi connectivity index (χ4v) is 2.86. The third-order valence-corrected chi connectivity index (χ3v) is 4.26. The van der Waals surface area contributed by atoms with E-state index in [2.05, 4.69) is 49.2 Å². The first kappa shape index (κ1) is 18.7. The molecular formula is C21H26N2O2. The van der Waals surface area contributed by atoms with Crippen molar-refractivity contribution in [1.29, 1.82) is 0 Å². The molecule has 1 N–H and O–H groups in total. The number of ketones is 1. The van der Waals surface area contributed by atoms with Crippen molar-refractivity contribution in [3.05, 3.63) is 59.2 Å². The molecule has 0 saturated heterocycles. The molecule has 0 atom stereocenters. The van der Waals surface area contributed by atoms with Gasteiger partial charge in [0.2, 0.25) is 5.91 Å². The number of nitrogens with zero attached hydrogens (tertiary/aromatic N) is 1. The number of hydrogen-bond donors (Lipinski definition) is 1. The van der Waals surface area contributed by atoms with Crippen molar-refractivity contribution in [1.82, 2.24) is 0 Å². The molecule has 132 valence electrons. The number of amides is 1. The quantitative estimate of drug-likeness (QED) is 0.763. The van der Waals surface area contributed by atoms with Gasteiger partial charge in [0.15, 0.2) is 5.78 Å². The summed E-state index contributed by atoms with van der Waals surface area (Å²) in [6.45, 7) is 9.32. The largest absolute Gasteiger partial charge is 0.371 e. The summed E-state index contributed by atoms with van der Waals surface area (Å²) in [6, 6.07) is 13.4. The fraction of sp³-hybridized carbons (Fsp3) is 0.333. The van der Waals surface area contributed by atoms with Crippen molar-refractivity contribution < 1.29 is 9.59 Å². The Bertz CT molecular complexity index is 751. The Hall–Kier alpha value is -2.62. The first-order chi connectivity index (χ1) is 11.9. The summed E-state index contributed by atoms with van der Waals surface area (Å²) in [5.41, 5.74) is 4.99. The van der Waals surface area contributed by atoms with Crippen LogP contribution in [0.2, 0.25) is 0 Å². The maximum absolute atomic E-state index is 12.2. The molecule has 0 bridgehead atoms. The topological polar surface area (TPSA) is 49.4 Å². The normalized spacial score (nSPS) is 10.4. The molecule has 0 aliphatic rings. The van der Waals surface area contributed by atoms with E-state index in [0.29, 0.717) is 24.2 Å². The van der Waals surface area contributed by atoms with Crippen LogP contribution in [0.4, 0.5) is 11.4 Å². The molecule has 0 radical (unpaired) electrons. The standard InChI is InChI=1S/C21H26N2O2/c1-5-23(20-11-6-15(2)14-16(20)3)13-12-21(25)22-19-9-7-18(8-10-19)17(4)24/h6-11,14H,5,12-13H2,1-4H3,(H,22,25). The van der Waals surface area contributed by atoms with Gasteiger partial charge < -0.3 is 10.2 Å². The van der Waals surface area contributed by atoms with Crippen molar-refractivity contribution in [3.63, 3.8) is 0 Å². The second-order valence-electron chi connectivity index (χ2n) is 6.30. The molecule has 2 rings (SSSR count). The summed E-state index contributed by atoms with van der Waals surface area (Å²) in [5, 5.41) is 2.89. The van der Waals surface area contributed by atoms with Crippen LogP contribution in [-0.2, 0) is 4.79 Å². The van der Waals surface area contributed by atoms with Gasteiger partial charge in [0, 0.05) is 36.4 Å². The number of Topliss-reactive ketones (excluding diaryl/α,β-unsaturated/α-hetero) is 1. The van der Waals surface area contributed by atoms with E-state index in [-0.39, 0.29) is 11.7 Å². The van der Waals surface area contributed by atoms with Crippen molar-refractivity contribution in [2.24, 2.45) is 0 Å². The highest BCUT2D eigenvalue weighted by atomic mass is 16.1. The van der Waals surface area contributed by atoms with E-state index in [1.54, 1.807) is 24.3 Å². The molecule has 2 aromatic rings. The number of hydrogen-bond acceptors (Lipinski definition) is 3. The summed E-state index contributed by atoms with van der Waals surface area (Å²) in [7, 11) is 0. The summed E-state index contributed by atoms with van der Waals surface area (Å²) in [4.78, 5) is 25.7. The first-order valence-corrected chi connectivity index (χ1v) is 8.63. The van der Waals surface area contributed by atoms with Gasteiger partial charge in [-0.3, -0.25) is 9.59 Å². The number of carbonyl (C=O) groups excluding carboxylic acids is 2. The Morgan fingerprint density at radius 3 is 2.28 bits per heavy atom. The second kappa shape index (κ2) is 8.47. The van der Waals surface area contributed by atoms with Crippen LogP contribution in [0.3, 0.4) is 0 Å². The number of anilines is 2. The summed E-state index contributed by atoms with van der Waals surface area (Å²) >= 11 is 0. The summed E-state index contributed by atoms with van der Waals surface area (Å²) < 4.78 is 0. The van der Waals surface area contributed by atoms with Crippen LogP contribution >= 0.6 is 0 Å². The average Bonchev–Trinajstić information content (AvgIpc) is 2.57. The van der Waals surface area contributed by atoms with Crippen LogP contribution in [0, 0.1) is 13.8 Å². The number of benzene rings is 2. The SMILES string of the molecule is CCN(CCC(=O)Nc1ccc(C(C)=O)cc1)c1ccc(C)cc1C. The van der Waals surface area contributed by atoms with E-state index in [1.807, 2.05) is 0 Å². The molecule has 0 aromatic heterocycles. The van der Waals surface area contributed by atoms with Gasteiger partial charge in [0.05, 0.1) is 0 Å². The van der Waals surface area contributed by atoms with Crippen molar-refractivity contribution in [2.75, 3.05) is 23.3 Å². The maximum Gasteiger partial charge on any atom is 0.226 e. The van der Waals surface area contributed by atoms with Gasteiger partial charge in [-0.15, -0.1) is 0 Å². The van der Waals surface area contributed by atoms with Crippen LogP contribution in [0.1, 0.15) is 41.8 Å². The Morgan fingerprint density at radius 2 is 1.72 bits per heavy atom. The molecule has 25 heavy (non-hydrogen) atoms. The van der Waals surface area contributed by atoms with Crippen molar-refractivity contribution in [2.45, 2.75) is 34.1 Å². The fourth-order valence-electron chi connectivity index (χ4n) is 2.86. The summed E-state index contributed by atoms with van der Waals surface area (Å²) in [6.07, 6.45) is 0.412. The highest BCUT2D eigenvalue weighted by molar-refractivity contribution is 5.95. The number of aryl methyl sites for hydroxylation is 2. The lowest BCUT2D eigenvalue weighted by Gasteiger charge is -2.25. The van der Waals surface area contributed by atoms with Crippen molar-refractivity contribution >= 4 is 23.1 Å². The van der Waals surface area contributed by atoms with Crippen molar-refractivity contribution in [3.8, 4) is 0 Å². The molecule has 0 aliphatic carbocycles. The van der Waals surface area contributed by atoms with Gasteiger partial charge in [-0.1, -0.05) is 17.7 Å². The smallest absolute Gasteiger partial charge is 0.226 e. The minimum Gasteiger partial charge on any atom is -0.371 e. The van der Waals surface area contributed by atoms with Crippen LogP contribution < -0.4 is 10.2 Å². The third-order valence-electron chi connectivity index (χ3n) is 4.26. The third kappa shape index (κ3) is 5.18. The molecule has 2 aromatic carbocycles. The molecule has 0 heterocycles. The van der Waals surface area contributed by atoms with Gasteiger partial charge in [-0.2, -0.15) is 0 Å². The molecular weight excluding hydrogens is 312 g/mol. The lowest BCUT2D eigenvalue weighted by molar-refractivity contribution is -0.116. The number of rotatable bonds is 7. The summed E-state index contributed by atoms with van der Waals surface area (Å²) in [5.74, 6) is -0.0104. The Balaban J connectivity index is 1.94. The van der Waals surface area contributed by atoms with E-state index in [9.17, 15) is 9.59 Å². The van der Waals surface area contributed by atoms with Gasteiger partial charge in [0.25, 0.3) is 0 Å². The first-order valence-electron chi connectivity index (χ1n) is 8.63. The Morgan fingerprint density at radius 1 is 1.04 bits per heavy atom. The minimum atomic E-state index is -0.0289. The zero-order valence-corrected chi connectivity index (χ0v) is 15.4. The van der Waals surface area contributed by atoms with Crippen LogP contribution in [-0.4, -0.2) is 24.8 Å². The van der Waals surface area contributed by atoms with Gasteiger partial charge in [-0.25, -0.2) is 0 Å². The minimum absolute atomic E-state index is 0.0185. The zero-order valence-electron chi connectivity index (χ0n) is 15.4. The van der Waals surface area contributed by atoms with Crippen LogP contribution in [0.25, 0.3) is 0 Å². The highest BCUT2D eigenvalue weighted by Gasteiger charge is 2.10. The zero-order chi connectivity index (χ0) is 18.4. The van der Waals surface area contributed by atoms with E-state index < -0.39 is 0 Å². The highest BCUT2D eigenvalue weighted by Crippen LogP contribution is 2.21. The van der Waals surface area contributed by atoms with Crippen LogP contribution in [0.15, 0.2) is 42.5 Å². The molecule has 1 amide bonds. The van der Waals surface area contributed by atoms with E-state index in [1.165, 1.54) is 23.7 Å². The van der Waals surface area contributed by atoms with Crippen LogP contribution in [0.5, 0.6) is 0 Å². The Labute approximate surface area is 149 Å². The molecule has 0 saturated carbocycles. The second-order valence-corrected chi connectivity index (χ2v) is 6.30. The number of nitrogens with one attached hydrogen (secondary N) is 1. The molecule has 0 spiro atoms. The number of carbonyl (C=O) groups is 2. The van der Waals surface area contributed by atoms with E-state index in [4.69, 9.17) is 0 Å². The predicted molar refractivity (Wildman–Crippen MR) is 103 cm³/mol. The molecule has 4 nitrogen and oxygen atoms in total. The van der Waals surface area contributed by atoms with E-state index in [0.717, 1.165) is 6.54 Å². The molecule has 4 heteroatoms. The predicted octanol–water partition coefficient (Wildman–Crippen LogP) is 4.36. The molecule has 0 unspecified atom stereocenters. The average molecular weight is 338 g/mol. The molecule has 0 fully saturated rings. The van der Waals surface area contributed by atoms with Gasteiger partial charge in [-0.05, 0) is 63.6 Å². The van der Waals surface area contributed by atoms with Gasteiger partial charge >= 0.3 is 0 Å². The lowest BCUT2D eigenvalue weighted by atomic mass is 10.1. The Kier molecular flexibility index (Phi) is 6.34. The lowest BCUT2D eigenvalue weighted by Crippen LogP contribution is -2.28.